The Morgan fingerprint density at radius 1 is 1.05 bits per heavy atom. The van der Waals surface area contributed by atoms with E-state index in [0.29, 0.717) is 17.6 Å². The lowest BCUT2D eigenvalue weighted by Gasteiger charge is -2.09. The second-order valence-electron chi connectivity index (χ2n) is 3.81. The van der Waals surface area contributed by atoms with Crippen molar-refractivity contribution in [2.24, 2.45) is 0 Å². The van der Waals surface area contributed by atoms with E-state index in [9.17, 15) is 4.79 Å². The average molecular weight is 290 g/mol. The molecular formula is C13H14N4O4. The Bertz CT molecular complexity index is 648. The summed E-state index contributed by atoms with van der Waals surface area (Å²) in [6.07, 6.45) is 1.29. The molecular weight excluding hydrogens is 276 g/mol. The van der Waals surface area contributed by atoms with Crippen LogP contribution in [0, 0.1) is 0 Å². The zero-order valence-electron chi connectivity index (χ0n) is 11.8. The first-order chi connectivity index (χ1) is 10.2. The van der Waals surface area contributed by atoms with Crippen LogP contribution >= 0.6 is 0 Å². The number of carbonyl (C=O) groups is 1. The van der Waals surface area contributed by atoms with E-state index in [2.05, 4.69) is 20.3 Å². The maximum absolute atomic E-state index is 12.2. The van der Waals surface area contributed by atoms with Gasteiger partial charge in [0.2, 0.25) is 17.6 Å². The Kier molecular flexibility index (Phi) is 4.50. The summed E-state index contributed by atoms with van der Waals surface area (Å²) in [6, 6.07) is 4.62. The summed E-state index contributed by atoms with van der Waals surface area (Å²) in [4.78, 5) is 24.1. The van der Waals surface area contributed by atoms with Crippen LogP contribution in [0.5, 0.6) is 17.6 Å². The number of carbonyl (C=O) groups excluding carboxylic acids is 1. The van der Waals surface area contributed by atoms with Gasteiger partial charge in [0, 0.05) is 12.1 Å². The smallest absolute Gasteiger partial charge is 0.262 e. The third kappa shape index (κ3) is 3.35. The highest BCUT2D eigenvalue weighted by atomic mass is 16.5. The molecule has 2 aromatic heterocycles. The molecule has 21 heavy (non-hydrogen) atoms. The van der Waals surface area contributed by atoms with E-state index in [4.69, 9.17) is 14.2 Å². The summed E-state index contributed by atoms with van der Waals surface area (Å²) in [6.45, 7) is 0. The van der Waals surface area contributed by atoms with E-state index in [0.717, 1.165) is 0 Å². The van der Waals surface area contributed by atoms with Crippen LogP contribution in [0.4, 0.5) is 5.82 Å². The van der Waals surface area contributed by atoms with Gasteiger partial charge < -0.3 is 19.5 Å². The van der Waals surface area contributed by atoms with Crippen molar-refractivity contribution < 1.29 is 19.0 Å². The maximum atomic E-state index is 12.2. The van der Waals surface area contributed by atoms with E-state index in [1.807, 2.05) is 0 Å². The molecule has 0 bridgehead atoms. The van der Waals surface area contributed by atoms with Crippen LogP contribution in [0.15, 0.2) is 24.5 Å². The first kappa shape index (κ1) is 14.5. The Labute approximate surface area is 121 Å². The average Bonchev–Trinajstić information content (AvgIpc) is 2.54. The van der Waals surface area contributed by atoms with Crippen molar-refractivity contribution in [3.63, 3.8) is 0 Å². The van der Waals surface area contributed by atoms with Crippen LogP contribution in [-0.2, 0) is 0 Å². The molecule has 8 nitrogen and oxygen atoms in total. The van der Waals surface area contributed by atoms with Crippen molar-refractivity contribution in [1.82, 2.24) is 15.0 Å². The summed E-state index contributed by atoms with van der Waals surface area (Å²) in [5.41, 5.74) is 0.260. The minimum absolute atomic E-state index is 0.160. The number of rotatable bonds is 5. The largest absolute Gasteiger partial charge is 0.481 e. The fraction of sp³-hybridized carbons (Fsp3) is 0.231. The highest BCUT2D eigenvalue weighted by molar-refractivity contribution is 6.05. The van der Waals surface area contributed by atoms with Crippen LogP contribution in [0.1, 0.15) is 10.4 Å². The van der Waals surface area contributed by atoms with Gasteiger partial charge in [-0.15, -0.1) is 0 Å². The maximum Gasteiger partial charge on any atom is 0.262 e. The molecule has 0 atom stereocenters. The minimum atomic E-state index is -0.414. The standard InChI is InChI=1S/C13H14N4O4/c1-19-10-5-4-8(13(17-10)21-3)12(18)16-9-6-11(20-2)15-7-14-9/h4-7H,1-3H3,(H,14,15,16,18). The molecule has 0 aliphatic rings. The summed E-state index contributed by atoms with van der Waals surface area (Å²) < 4.78 is 15.0. The Morgan fingerprint density at radius 2 is 1.81 bits per heavy atom. The fourth-order valence-corrected chi connectivity index (χ4v) is 1.57. The molecule has 0 unspecified atom stereocenters. The van der Waals surface area contributed by atoms with E-state index >= 15 is 0 Å². The van der Waals surface area contributed by atoms with E-state index in [-0.39, 0.29) is 11.4 Å². The highest BCUT2D eigenvalue weighted by Gasteiger charge is 2.15. The minimum Gasteiger partial charge on any atom is -0.481 e. The quantitative estimate of drug-likeness (QED) is 0.882. The number of hydrogen-bond acceptors (Lipinski definition) is 7. The van der Waals surface area contributed by atoms with Gasteiger partial charge in [-0.1, -0.05) is 0 Å². The van der Waals surface area contributed by atoms with Gasteiger partial charge in [-0.3, -0.25) is 4.79 Å². The van der Waals surface area contributed by atoms with Crippen LogP contribution in [-0.4, -0.2) is 42.2 Å². The van der Waals surface area contributed by atoms with E-state index in [1.54, 1.807) is 12.1 Å². The number of hydrogen-bond donors (Lipinski definition) is 1. The molecule has 8 heteroatoms. The monoisotopic (exact) mass is 290 g/mol. The molecule has 2 heterocycles. The van der Waals surface area contributed by atoms with Crippen molar-refractivity contribution in [1.29, 1.82) is 0 Å². The fourth-order valence-electron chi connectivity index (χ4n) is 1.57. The molecule has 0 saturated heterocycles. The van der Waals surface area contributed by atoms with Crippen LogP contribution in [0.3, 0.4) is 0 Å². The normalized spacial score (nSPS) is 9.86. The first-order valence-corrected chi connectivity index (χ1v) is 5.94. The highest BCUT2D eigenvalue weighted by Crippen LogP contribution is 2.21. The molecule has 0 radical (unpaired) electrons. The van der Waals surface area contributed by atoms with Crippen molar-refractivity contribution in [3.8, 4) is 17.6 Å². The molecule has 0 aliphatic heterocycles. The number of amides is 1. The molecule has 0 fully saturated rings. The molecule has 0 spiro atoms. The zero-order valence-corrected chi connectivity index (χ0v) is 11.8. The van der Waals surface area contributed by atoms with Gasteiger partial charge in [0.25, 0.3) is 5.91 Å². The van der Waals surface area contributed by atoms with Gasteiger partial charge in [-0.25, -0.2) is 9.97 Å². The van der Waals surface area contributed by atoms with Crippen LogP contribution < -0.4 is 19.5 Å². The second kappa shape index (κ2) is 6.51. The number of ether oxygens (including phenoxy) is 3. The number of methoxy groups -OCH3 is 3. The van der Waals surface area contributed by atoms with Gasteiger partial charge in [-0.2, -0.15) is 4.98 Å². The van der Waals surface area contributed by atoms with Crippen molar-refractivity contribution >= 4 is 11.7 Å². The predicted molar refractivity (Wildman–Crippen MR) is 73.9 cm³/mol. The summed E-state index contributed by atoms with van der Waals surface area (Å²) >= 11 is 0. The molecule has 2 aromatic rings. The lowest BCUT2D eigenvalue weighted by atomic mass is 10.2. The predicted octanol–water partition coefficient (Wildman–Crippen LogP) is 1.15. The number of nitrogens with one attached hydrogen (secondary N) is 1. The van der Waals surface area contributed by atoms with Crippen LogP contribution in [0.25, 0.3) is 0 Å². The van der Waals surface area contributed by atoms with Crippen molar-refractivity contribution in [2.75, 3.05) is 26.6 Å². The third-order valence-corrected chi connectivity index (χ3v) is 2.57. The van der Waals surface area contributed by atoms with Gasteiger partial charge >= 0.3 is 0 Å². The molecule has 0 saturated carbocycles. The second-order valence-corrected chi connectivity index (χ2v) is 3.81. The number of pyridine rings is 1. The number of aromatic nitrogens is 3. The molecule has 0 aliphatic carbocycles. The number of anilines is 1. The third-order valence-electron chi connectivity index (χ3n) is 2.57. The Hall–Kier alpha value is -2.90. The zero-order chi connectivity index (χ0) is 15.2. The summed E-state index contributed by atoms with van der Waals surface area (Å²) in [5.74, 6) is 0.757. The summed E-state index contributed by atoms with van der Waals surface area (Å²) in [7, 11) is 4.38. The van der Waals surface area contributed by atoms with E-state index in [1.165, 1.54) is 33.7 Å². The molecule has 0 aromatic carbocycles. The molecule has 110 valence electrons. The topological polar surface area (TPSA) is 95.5 Å². The number of nitrogens with zero attached hydrogens (tertiary/aromatic N) is 3. The molecule has 2 rings (SSSR count). The lowest BCUT2D eigenvalue weighted by Crippen LogP contribution is -2.15. The molecule has 1 N–H and O–H groups in total. The summed E-state index contributed by atoms with van der Waals surface area (Å²) in [5, 5.41) is 2.61. The Morgan fingerprint density at radius 3 is 2.48 bits per heavy atom. The van der Waals surface area contributed by atoms with Gasteiger partial charge in [0.15, 0.2) is 0 Å². The van der Waals surface area contributed by atoms with Gasteiger partial charge in [-0.05, 0) is 6.07 Å². The Balaban J connectivity index is 2.23. The van der Waals surface area contributed by atoms with Gasteiger partial charge in [0.1, 0.15) is 17.7 Å². The SMILES string of the molecule is COc1cc(NC(=O)c2ccc(OC)nc2OC)ncn1. The van der Waals surface area contributed by atoms with Crippen LogP contribution in [0.2, 0.25) is 0 Å². The van der Waals surface area contributed by atoms with Crippen molar-refractivity contribution in [2.45, 2.75) is 0 Å². The van der Waals surface area contributed by atoms with Gasteiger partial charge in [0.05, 0.1) is 21.3 Å². The van der Waals surface area contributed by atoms with E-state index < -0.39 is 5.91 Å². The molecule has 1 amide bonds. The van der Waals surface area contributed by atoms with Crippen molar-refractivity contribution in [3.05, 3.63) is 30.1 Å². The first-order valence-electron chi connectivity index (χ1n) is 5.94. The lowest BCUT2D eigenvalue weighted by molar-refractivity contribution is 0.102.